The summed E-state index contributed by atoms with van der Waals surface area (Å²) in [6.45, 7) is 7.61. The van der Waals surface area contributed by atoms with Crippen LogP contribution in [0.1, 0.15) is 25.3 Å². The van der Waals surface area contributed by atoms with Crippen molar-refractivity contribution >= 4 is 21.5 Å². The topological polar surface area (TPSA) is 27.7 Å². The Labute approximate surface area is 128 Å². The van der Waals surface area contributed by atoms with Gasteiger partial charge in [-0.2, -0.15) is 0 Å². The number of rotatable bonds is 3. The second-order valence-electron chi connectivity index (χ2n) is 5.24. The van der Waals surface area contributed by atoms with E-state index in [1.165, 1.54) is 0 Å². The molecule has 2 heterocycles. The van der Waals surface area contributed by atoms with E-state index in [2.05, 4.69) is 22.5 Å². The average Bonchev–Trinajstić information content (AvgIpc) is 2.46. The highest BCUT2D eigenvalue weighted by Crippen LogP contribution is 2.41. The molecule has 0 aliphatic carbocycles. The summed E-state index contributed by atoms with van der Waals surface area (Å²) < 4.78 is 18.7. The summed E-state index contributed by atoms with van der Waals surface area (Å²) >= 11 is 3.49. The van der Waals surface area contributed by atoms with Crippen molar-refractivity contribution < 1.29 is 14.2 Å². The van der Waals surface area contributed by atoms with E-state index >= 15 is 0 Å². The molecule has 2 aliphatic rings. The highest BCUT2D eigenvalue weighted by molar-refractivity contribution is 9.10. The molecule has 20 heavy (non-hydrogen) atoms. The van der Waals surface area contributed by atoms with E-state index < -0.39 is 0 Å². The minimum absolute atomic E-state index is 0.0593. The molecule has 1 saturated heterocycles. The normalized spacial score (nSPS) is 28.5. The lowest BCUT2D eigenvalue weighted by Crippen LogP contribution is -2.46. The Bertz CT molecular complexity index is 514. The largest absolute Gasteiger partial charge is 0.487 e. The zero-order chi connectivity index (χ0) is 14.1. The highest BCUT2D eigenvalue weighted by atomic mass is 79.9. The van der Waals surface area contributed by atoms with E-state index in [0.717, 1.165) is 40.8 Å². The molecule has 2 aliphatic heterocycles. The Kier molecular flexibility index (Phi) is 4.15. The summed E-state index contributed by atoms with van der Waals surface area (Å²) in [5.41, 5.74) is 2.05. The molecular formula is C16H19BrO3. The number of benzene rings is 1. The van der Waals surface area contributed by atoms with E-state index in [1.54, 1.807) is 0 Å². The fourth-order valence-corrected chi connectivity index (χ4v) is 3.20. The number of fused-ring (bicyclic) bond motifs is 2. The summed E-state index contributed by atoms with van der Waals surface area (Å²) in [5.74, 6) is 0.909. The lowest BCUT2D eigenvalue weighted by Gasteiger charge is -2.41. The Balaban J connectivity index is 1.79. The molecule has 0 saturated carbocycles. The molecule has 0 aromatic heterocycles. The van der Waals surface area contributed by atoms with Gasteiger partial charge in [-0.25, -0.2) is 0 Å². The minimum Gasteiger partial charge on any atom is -0.487 e. The molecule has 0 radical (unpaired) electrons. The molecule has 0 amide bonds. The van der Waals surface area contributed by atoms with Gasteiger partial charge in [-0.1, -0.05) is 22.5 Å². The van der Waals surface area contributed by atoms with Crippen LogP contribution in [0.4, 0.5) is 0 Å². The van der Waals surface area contributed by atoms with Crippen LogP contribution in [0.25, 0.3) is 5.57 Å². The number of hydrogen-bond acceptors (Lipinski definition) is 3. The van der Waals surface area contributed by atoms with Crippen molar-refractivity contribution in [2.24, 2.45) is 0 Å². The third-order valence-corrected chi connectivity index (χ3v) is 4.36. The van der Waals surface area contributed by atoms with Crippen LogP contribution in [0.2, 0.25) is 0 Å². The lowest BCUT2D eigenvalue weighted by molar-refractivity contribution is -0.109. The van der Waals surface area contributed by atoms with Gasteiger partial charge in [0.1, 0.15) is 18.0 Å². The molecule has 108 valence electrons. The maximum absolute atomic E-state index is 6.14. The van der Waals surface area contributed by atoms with E-state index in [4.69, 9.17) is 14.2 Å². The lowest BCUT2D eigenvalue weighted by atomic mass is 9.89. The summed E-state index contributed by atoms with van der Waals surface area (Å²) in [6, 6.07) is 6.03. The molecule has 0 spiro atoms. The first-order chi connectivity index (χ1) is 9.69. The number of ether oxygens (including phenoxy) is 3. The molecular weight excluding hydrogens is 320 g/mol. The molecule has 4 heteroatoms. The first kappa shape index (κ1) is 14.1. The molecule has 1 aromatic carbocycles. The summed E-state index contributed by atoms with van der Waals surface area (Å²) in [5, 5.41) is 0. The van der Waals surface area contributed by atoms with Crippen LogP contribution >= 0.6 is 15.9 Å². The molecule has 0 N–H and O–H groups in total. The van der Waals surface area contributed by atoms with E-state index in [0.29, 0.717) is 6.61 Å². The van der Waals surface area contributed by atoms with Gasteiger partial charge in [0.15, 0.2) is 0 Å². The summed E-state index contributed by atoms with van der Waals surface area (Å²) in [4.78, 5) is 0. The van der Waals surface area contributed by atoms with E-state index in [-0.39, 0.29) is 18.3 Å². The Morgan fingerprint density at radius 2 is 2.25 bits per heavy atom. The molecule has 3 atom stereocenters. The first-order valence-electron chi connectivity index (χ1n) is 7.07. The quantitative estimate of drug-likeness (QED) is 0.838. The van der Waals surface area contributed by atoms with Crippen molar-refractivity contribution in [1.82, 2.24) is 0 Å². The Morgan fingerprint density at radius 1 is 1.40 bits per heavy atom. The van der Waals surface area contributed by atoms with E-state index in [1.807, 2.05) is 25.1 Å². The van der Waals surface area contributed by atoms with E-state index in [9.17, 15) is 0 Å². The van der Waals surface area contributed by atoms with Crippen molar-refractivity contribution in [1.29, 1.82) is 0 Å². The summed E-state index contributed by atoms with van der Waals surface area (Å²) in [6.07, 6.45) is 2.12. The van der Waals surface area contributed by atoms with Crippen LogP contribution in [0.5, 0.6) is 5.75 Å². The fourth-order valence-electron chi connectivity index (χ4n) is 2.84. The molecule has 0 bridgehead atoms. The molecule has 1 aromatic rings. The Morgan fingerprint density at radius 3 is 3.05 bits per heavy atom. The highest BCUT2D eigenvalue weighted by Gasteiger charge is 2.39. The average molecular weight is 339 g/mol. The predicted octanol–water partition coefficient (Wildman–Crippen LogP) is 3.81. The van der Waals surface area contributed by atoms with Crippen LogP contribution in [0.15, 0.2) is 29.3 Å². The van der Waals surface area contributed by atoms with Gasteiger partial charge in [-0.15, -0.1) is 0 Å². The van der Waals surface area contributed by atoms with Gasteiger partial charge in [-0.3, -0.25) is 0 Å². The van der Waals surface area contributed by atoms with Gasteiger partial charge >= 0.3 is 0 Å². The molecule has 1 unspecified atom stereocenters. The number of hydrogen-bond donors (Lipinski definition) is 0. The van der Waals surface area contributed by atoms with Crippen molar-refractivity contribution in [2.45, 2.75) is 38.1 Å². The van der Waals surface area contributed by atoms with Crippen LogP contribution in [-0.4, -0.2) is 31.5 Å². The smallest absolute Gasteiger partial charge is 0.129 e. The molecule has 1 fully saturated rings. The zero-order valence-electron chi connectivity index (χ0n) is 11.6. The van der Waals surface area contributed by atoms with Gasteiger partial charge in [0.2, 0.25) is 0 Å². The third kappa shape index (κ3) is 2.65. The maximum atomic E-state index is 6.14. The number of halogens is 1. The SMILES string of the molecule is C=C1c2cc(Br)ccc2O[C@H]2CCC(COCC)O[C@H]12. The van der Waals surface area contributed by atoms with Gasteiger partial charge in [0.25, 0.3) is 0 Å². The van der Waals surface area contributed by atoms with Gasteiger partial charge in [0.05, 0.1) is 12.7 Å². The molecule has 3 nitrogen and oxygen atoms in total. The second-order valence-corrected chi connectivity index (χ2v) is 6.15. The van der Waals surface area contributed by atoms with Crippen LogP contribution in [-0.2, 0) is 9.47 Å². The van der Waals surface area contributed by atoms with Crippen molar-refractivity contribution in [3.8, 4) is 5.75 Å². The Hall–Kier alpha value is -0.840. The monoisotopic (exact) mass is 338 g/mol. The van der Waals surface area contributed by atoms with Crippen LogP contribution in [0.3, 0.4) is 0 Å². The predicted molar refractivity (Wildman–Crippen MR) is 82.0 cm³/mol. The fraction of sp³-hybridized carbons (Fsp3) is 0.500. The minimum atomic E-state index is -0.0593. The van der Waals surface area contributed by atoms with Crippen LogP contribution < -0.4 is 4.74 Å². The van der Waals surface area contributed by atoms with Crippen molar-refractivity contribution in [2.75, 3.05) is 13.2 Å². The van der Waals surface area contributed by atoms with Gasteiger partial charge in [0, 0.05) is 16.6 Å². The van der Waals surface area contributed by atoms with Crippen molar-refractivity contribution in [3.05, 3.63) is 34.8 Å². The zero-order valence-corrected chi connectivity index (χ0v) is 13.2. The maximum Gasteiger partial charge on any atom is 0.129 e. The second kappa shape index (κ2) is 5.88. The first-order valence-corrected chi connectivity index (χ1v) is 7.87. The van der Waals surface area contributed by atoms with Gasteiger partial charge in [-0.05, 0) is 43.5 Å². The molecule has 3 rings (SSSR count). The van der Waals surface area contributed by atoms with Crippen LogP contribution in [0, 0.1) is 0 Å². The third-order valence-electron chi connectivity index (χ3n) is 3.87. The standard InChI is InChI=1S/C16H19BrO3/c1-3-18-9-12-5-7-15-16(19-12)10(2)13-8-11(17)4-6-14(13)20-15/h4,6,8,12,15-16H,2-3,5,7,9H2,1H3/t12?,15-,16+/m0/s1. The van der Waals surface area contributed by atoms with Gasteiger partial charge < -0.3 is 14.2 Å². The van der Waals surface area contributed by atoms with Crippen molar-refractivity contribution in [3.63, 3.8) is 0 Å². The summed E-state index contributed by atoms with van der Waals surface area (Å²) in [7, 11) is 0.